The van der Waals surface area contributed by atoms with Crippen LogP contribution in [0, 0.1) is 5.92 Å². The molecule has 184 valence electrons. The number of guanidine groups is 1. The van der Waals surface area contributed by atoms with Gasteiger partial charge in [0, 0.05) is 71.0 Å². The molecule has 1 aromatic carbocycles. The number of carbonyl (C=O) groups excluding carboxylic acids is 1. The van der Waals surface area contributed by atoms with Crippen LogP contribution < -0.4 is 15.5 Å². The van der Waals surface area contributed by atoms with Gasteiger partial charge >= 0.3 is 0 Å². The van der Waals surface area contributed by atoms with E-state index in [2.05, 4.69) is 61.5 Å². The van der Waals surface area contributed by atoms with Crippen LogP contribution in [0.25, 0.3) is 0 Å². The maximum atomic E-state index is 12.4. The number of aliphatic imine (C=N–C) groups is 1. The number of hydrogen-bond acceptors (Lipinski definition) is 4. The van der Waals surface area contributed by atoms with Crippen molar-refractivity contribution >= 4 is 41.5 Å². The molecular weight excluding hydrogens is 527 g/mol. The van der Waals surface area contributed by atoms with E-state index in [1.54, 1.807) is 0 Å². The SMILES string of the molecule is CN=C(NCCN1CCN(C(=O)C2CCC2)CC1)NC(C)c1cccc(N2CCCC2)c1.I. The van der Waals surface area contributed by atoms with Crippen molar-refractivity contribution in [3.8, 4) is 0 Å². The van der Waals surface area contributed by atoms with Crippen molar-refractivity contribution in [2.75, 3.05) is 64.3 Å². The highest BCUT2D eigenvalue weighted by Crippen LogP contribution is 2.28. The van der Waals surface area contributed by atoms with Crippen LogP contribution in [-0.2, 0) is 4.79 Å². The van der Waals surface area contributed by atoms with Crippen LogP contribution in [0.4, 0.5) is 5.69 Å². The highest BCUT2D eigenvalue weighted by molar-refractivity contribution is 14.0. The maximum absolute atomic E-state index is 12.4. The molecule has 0 spiro atoms. The molecule has 8 heteroatoms. The van der Waals surface area contributed by atoms with Gasteiger partial charge in [0.05, 0.1) is 6.04 Å². The van der Waals surface area contributed by atoms with Gasteiger partial charge in [-0.3, -0.25) is 14.7 Å². The second-order valence-corrected chi connectivity index (χ2v) is 9.45. The summed E-state index contributed by atoms with van der Waals surface area (Å²) in [5.41, 5.74) is 2.61. The Balaban J connectivity index is 0.00000306. The third kappa shape index (κ3) is 6.97. The van der Waals surface area contributed by atoms with Crippen molar-refractivity contribution in [3.63, 3.8) is 0 Å². The van der Waals surface area contributed by atoms with Crippen LogP contribution >= 0.6 is 24.0 Å². The van der Waals surface area contributed by atoms with Gasteiger partial charge in [-0.15, -0.1) is 24.0 Å². The van der Waals surface area contributed by atoms with E-state index in [9.17, 15) is 4.79 Å². The zero-order valence-electron chi connectivity index (χ0n) is 20.3. The molecule has 1 aromatic rings. The summed E-state index contributed by atoms with van der Waals surface area (Å²) in [6.45, 7) is 9.99. The summed E-state index contributed by atoms with van der Waals surface area (Å²) in [5.74, 6) is 1.54. The summed E-state index contributed by atoms with van der Waals surface area (Å²) in [4.78, 5) is 23.8. The van der Waals surface area contributed by atoms with Crippen molar-refractivity contribution in [2.45, 2.75) is 45.1 Å². The van der Waals surface area contributed by atoms with Crippen LogP contribution in [0.3, 0.4) is 0 Å². The summed E-state index contributed by atoms with van der Waals surface area (Å²) >= 11 is 0. The maximum Gasteiger partial charge on any atom is 0.225 e. The fraction of sp³-hybridized carbons (Fsp3) is 0.680. The van der Waals surface area contributed by atoms with Crippen LogP contribution in [0.2, 0.25) is 0 Å². The Labute approximate surface area is 216 Å². The largest absolute Gasteiger partial charge is 0.372 e. The van der Waals surface area contributed by atoms with Crippen molar-refractivity contribution in [1.29, 1.82) is 0 Å². The predicted octanol–water partition coefficient (Wildman–Crippen LogP) is 3.08. The van der Waals surface area contributed by atoms with E-state index in [1.807, 2.05) is 7.05 Å². The van der Waals surface area contributed by atoms with Gasteiger partial charge in [-0.2, -0.15) is 0 Å². The van der Waals surface area contributed by atoms with Gasteiger partial charge in [0.1, 0.15) is 0 Å². The summed E-state index contributed by atoms with van der Waals surface area (Å²) in [6, 6.07) is 9.06. The minimum Gasteiger partial charge on any atom is -0.372 e. The molecular formula is C25H41IN6O. The van der Waals surface area contributed by atoms with Crippen molar-refractivity contribution in [1.82, 2.24) is 20.4 Å². The second kappa shape index (κ2) is 12.8. The Morgan fingerprint density at radius 1 is 1.09 bits per heavy atom. The third-order valence-corrected chi connectivity index (χ3v) is 7.28. The summed E-state index contributed by atoms with van der Waals surface area (Å²) in [5, 5.41) is 7.00. The lowest BCUT2D eigenvalue weighted by atomic mass is 9.84. The summed E-state index contributed by atoms with van der Waals surface area (Å²) < 4.78 is 0. The topological polar surface area (TPSA) is 63.2 Å². The zero-order chi connectivity index (χ0) is 22.3. The minimum atomic E-state index is 0. The summed E-state index contributed by atoms with van der Waals surface area (Å²) in [6.07, 6.45) is 5.99. The number of piperazine rings is 1. The number of carbonyl (C=O) groups is 1. The van der Waals surface area contributed by atoms with E-state index >= 15 is 0 Å². The Hall–Kier alpha value is -1.55. The molecule has 0 bridgehead atoms. The first-order valence-electron chi connectivity index (χ1n) is 12.5. The van der Waals surface area contributed by atoms with E-state index < -0.39 is 0 Å². The number of benzene rings is 1. The number of anilines is 1. The molecule has 33 heavy (non-hydrogen) atoms. The molecule has 3 aliphatic rings. The Kier molecular flexibility index (Phi) is 10.1. The normalized spacial score (nSPS) is 20.7. The van der Waals surface area contributed by atoms with Gasteiger partial charge in [-0.1, -0.05) is 18.6 Å². The number of halogens is 1. The molecule has 1 aliphatic carbocycles. The predicted molar refractivity (Wildman–Crippen MR) is 147 cm³/mol. The first kappa shape index (κ1) is 26.1. The molecule has 2 aliphatic heterocycles. The number of rotatable bonds is 7. The molecule has 3 fully saturated rings. The van der Waals surface area contributed by atoms with Gasteiger partial charge in [0.25, 0.3) is 0 Å². The average Bonchev–Trinajstić information content (AvgIpc) is 3.33. The first-order chi connectivity index (χ1) is 15.6. The number of hydrogen-bond donors (Lipinski definition) is 2. The van der Waals surface area contributed by atoms with Gasteiger partial charge < -0.3 is 20.4 Å². The van der Waals surface area contributed by atoms with Crippen LogP contribution in [0.5, 0.6) is 0 Å². The fourth-order valence-electron chi connectivity index (χ4n) is 4.89. The standard InChI is InChI=1S/C25H40N6O.HI/c1-20(22-9-6-10-23(19-22)30-12-3-4-13-30)28-25(26-2)27-11-14-29-15-17-31(18-16-29)24(32)21-7-5-8-21;/h6,9-10,19-21H,3-5,7-8,11-18H2,1-2H3,(H2,26,27,28);1H. The Morgan fingerprint density at radius 2 is 1.82 bits per heavy atom. The highest BCUT2D eigenvalue weighted by Gasteiger charge is 2.31. The van der Waals surface area contributed by atoms with E-state index in [0.717, 1.165) is 71.2 Å². The third-order valence-electron chi connectivity index (χ3n) is 7.28. The van der Waals surface area contributed by atoms with E-state index in [1.165, 1.54) is 30.5 Å². The molecule has 0 radical (unpaired) electrons. The smallest absolute Gasteiger partial charge is 0.225 e. The molecule has 2 heterocycles. The van der Waals surface area contributed by atoms with Crippen molar-refractivity contribution in [3.05, 3.63) is 29.8 Å². The molecule has 1 saturated carbocycles. The Morgan fingerprint density at radius 3 is 2.45 bits per heavy atom. The quantitative estimate of drug-likeness (QED) is 0.301. The lowest BCUT2D eigenvalue weighted by Crippen LogP contribution is -2.52. The number of nitrogens with one attached hydrogen (secondary N) is 2. The fourth-order valence-corrected chi connectivity index (χ4v) is 4.89. The molecule has 4 rings (SSSR count). The zero-order valence-corrected chi connectivity index (χ0v) is 22.6. The molecule has 1 unspecified atom stereocenters. The Bertz CT molecular complexity index is 785. The molecule has 1 atom stereocenters. The van der Waals surface area contributed by atoms with Crippen molar-refractivity contribution in [2.24, 2.45) is 10.9 Å². The van der Waals surface area contributed by atoms with Gasteiger partial charge in [-0.25, -0.2) is 0 Å². The monoisotopic (exact) mass is 568 g/mol. The molecule has 0 aromatic heterocycles. The lowest BCUT2D eigenvalue weighted by molar-refractivity contribution is -0.139. The molecule has 2 saturated heterocycles. The average molecular weight is 569 g/mol. The van der Waals surface area contributed by atoms with E-state index in [0.29, 0.717) is 11.8 Å². The van der Waals surface area contributed by atoms with Gasteiger partial charge in [0.2, 0.25) is 5.91 Å². The van der Waals surface area contributed by atoms with Crippen LogP contribution in [0.15, 0.2) is 29.3 Å². The number of amides is 1. The van der Waals surface area contributed by atoms with Gasteiger partial charge in [-0.05, 0) is 50.3 Å². The molecule has 1 amide bonds. The summed E-state index contributed by atoms with van der Waals surface area (Å²) in [7, 11) is 1.83. The number of nitrogens with zero attached hydrogens (tertiary/aromatic N) is 4. The highest BCUT2D eigenvalue weighted by atomic mass is 127. The van der Waals surface area contributed by atoms with Crippen LogP contribution in [0.1, 0.15) is 50.6 Å². The molecule has 2 N–H and O–H groups in total. The molecule has 7 nitrogen and oxygen atoms in total. The minimum absolute atomic E-state index is 0. The van der Waals surface area contributed by atoms with Crippen LogP contribution in [-0.4, -0.2) is 81.1 Å². The van der Waals surface area contributed by atoms with E-state index in [4.69, 9.17) is 0 Å². The second-order valence-electron chi connectivity index (χ2n) is 9.45. The lowest BCUT2D eigenvalue weighted by Gasteiger charge is -2.38. The van der Waals surface area contributed by atoms with E-state index in [-0.39, 0.29) is 30.0 Å². The first-order valence-corrected chi connectivity index (χ1v) is 12.5. The van der Waals surface area contributed by atoms with Crippen molar-refractivity contribution < 1.29 is 4.79 Å². The van der Waals surface area contributed by atoms with Gasteiger partial charge in [0.15, 0.2) is 5.96 Å².